The Bertz CT molecular complexity index is 621. The maximum absolute atomic E-state index is 12.4. The molecule has 0 aliphatic carbocycles. The van der Waals surface area contributed by atoms with Crippen LogP contribution in [0, 0.1) is 0 Å². The number of ether oxygens (including phenoxy) is 1. The lowest BCUT2D eigenvalue weighted by Crippen LogP contribution is -2.34. The van der Waals surface area contributed by atoms with Crippen LogP contribution in [0.5, 0.6) is 0 Å². The smallest absolute Gasteiger partial charge is 0.337 e. The van der Waals surface area contributed by atoms with Gasteiger partial charge in [0.2, 0.25) is 10.0 Å². The SMILES string of the molecule is CNC1CCN(S(=O)(=O)Cc2cccc(C(=O)OC)c2)C1.Cl. The van der Waals surface area contributed by atoms with Crippen molar-refractivity contribution in [3.8, 4) is 0 Å². The molecule has 124 valence electrons. The van der Waals surface area contributed by atoms with Crippen LogP contribution in [0.25, 0.3) is 0 Å². The van der Waals surface area contributed by atoms with Crippen molar-refractivity contribution < 1.29 is 17.9 Å². The maximum atomic E-state index is 12.4. The van der Waals surface area contributed by atoms with Gasteiger partial charge in [0.05, 0.1) is 18.4 Å². The molecule has 0 spiro atoms. The third kappa shape index (κ3) is 4.42. The Labute approximate surface area is 137 Å². The lowest BCUT2D eigenvalue weighted by Gasteiger charge is -2.16. The van der Waals surface area contributed by atoms with E-state index in [-0.39, 0.29) is 24.2 Å². The first-order valence-corrected chi connectivity index (χ1v) is 8.39. The fourth-order valence-electron chi connectivity index (χ4n) is 2.42. The fraction of sp³-hybridized carbons (Fsp3) is 0.500. The minimum atomic E-state index is -3.36. The van der Waals surface area contributed by atoms with Crippen molar-refractivity contribution in [1.82, 2.24) is 9.62 Å². The van der Waals surface area contributed by atoms with Gasteiger partial charge in [-0.3, -0.25) is 0 Å². The molecule has 0 saturated carbocycles. The van der Waals surface area contributed by atoms with Crippen molar-refractivity contribution in [3.63, 3.8) is 0 Å². The highest BCUT2D eigenvalue weighted by Crippen LogP contribution is 2.18. The number of likely N-dealkylation sites (N-methyl/N-ethyl adjacent to an activating group) is 1. The van der Waals surface area contributed by atoms with Crippen molar-refractivity contribution in [2.75, 3.05) is 27.2 Å². The first-order valence-electron chi connectivity index (χ1n) is 6.78. The first kappa shape index (κ1) is 18.9. The van der Waals surface area contributed by atoms with Gasteiger partial charge in [-0.25, -0.2) is 17.5 Å². The van der Waals surface area contributed by atoms with E-state index in [0.717, 1.165) is 6.42 Å². The molecule has 1 N–H and O–H groups in total. The van der Waals surface area contributed by atoms with E-state index in [1.165, 1.54) is 11.4 Å². The fourth-order valence-corrected chi connectivity index (χ4v) is 4.00. The third-order valence-electron chi connectivity index (χ3n) is 3.65. The largest absolute Gasteiger partial charge is 0.465 e. The molecule has 0 bridgehead atoms. The molecule has 22 heavy (non-hydrogen) atoms. The van der Waals surface area contributed by atoms with E-state index in [2.05, 4.69) is 10.1 Å². The Morgan fingerprint density at radius 2 is 2.18 bits per heavy atom. The predicted molar refractivity (Wildman–Crippen MR) is 86.7 cm³/mol. The molecular formula is C14H21ClN2O4S. The van der Waals surface area contributed by atoms with E-state index in [0.29, 0.717) is 24.2 Å². The predicted octanol–water partition coefficient (Wildman–Crippen LogP) is 1.02. The number of carbonyl (C=O) groups is 1. The summed E-state index contributed by atoms with van der Waals surface area (Å²) >= 11 is 0. The molecule has 1 aromatic rings. The van der Waals surface area contributed by atoms with Gasteiger partial charge in [-0.05, 0) is 31.2 Å². The minimum Gasteiger partial charge on any atom is -0.465 e. The Hall–Kier alpha value is -1.15. The molecule has 1 aliphatic rings. The lowest BCUT2D eigenvalue weighted by atomic mass is 10.1. The highest BCUT2D eigenvalue weighted by molar-refractivity contribution is 7.88. The number of esters is 1. The van der Waals surface area contributed by atoms with Crippen LogP contribution in [0.1, 0.15) is 22.3 Å². The Morgan fingerprint density at radius 3 is 2.77 bits per heavy atom. The van der Waals surface area contributed by atoms with Gasteiger partial charge in [-0.1, -0.05) is 12.1 Å². The number of hydrogen-bond donors (Lipinski definition) is 1. The molecular weight excluding hydrogens is 328 g/mol. The van der Waals surface area contributed by atoms with Gasteiger partial charge in [-0.15, -0.1) is 12.4 Å². The number of methoxy groups -OCH3 is 1. The Morgan fingerprint density at radius 1 is 1.45 bits per heavy atom. The molecule has 1 fully saturated rings. The molecule has 6 nitrogen and oxygen atoms in total. The standard InChI is InChI=1S/C14H20N2O4S.ClH/c1-15-13-6-7-16(9-13)21(18,19)10-11-4-3-5-12(8-11)14(17)20-2;/h3-5,8,13,15H,6-7,9-10H2,1-2H3;1H. The van der Waals surface area contributed by atoms with E-state index in [9.17, 15) is 13.2 Å². The summed E-state index contributed by atoms with van der Waals surface area (Å²) in [7, 11) is -0.231. The van der Waals surface area contributed by atoms with Gasteiger partial charge < -0.3 is 10.1 Å². The number of sulfonamides is 1. The molecule has 0 aromatic heterocycles. The van der Waals surface area contributed by atoms with Crippen LogP contribution in [0.3, 0.4) is 0 Å². The van der Waals surface area contributed by atoms with Crippen LogP contribution in [0.2, 0.25) is 0 Å². The number of carbonyl (C=O) groups excluding carboxylic acids is 1. The zero-order valence-corrected chi connectivity index (χ0v) is 14.2. The Balaban J connectivity index is 0.00000242. The van der Waals surface area contributed by atoms with Crippen LogP contribution in [0.4, 0.5) is 0 Å². The summed E-state index contributed by atoms with van der Waals surface area (Å²) < 4.78 is 30.9. The molecule has 1 unspecified atom stereocenters. The van der Waals surface area contributed by atoms with Crippen molar-refractivity contribution >= 4 is 28.4 Å². The monoisotopic (exact) mass is 348 g/mol. The summed E-state index contributed by atoms with van der Waals surface area (Å²) in [6.45, 7) is 1.03. The second-order valence-electron chi connectivity index (χ2n) is 5.08. The summed E-state index contributed by atoms with van der Waals surface area (Å²) in [4.78, 5) is 11.5. The zero-order valence-electron chi connectivity index (χ0n) is 12.6. The van der Waals surface area contributed by atoms with E-state index < -0.39 is 16.0 Å². The summed E-state index contributed by atoms with van der Waals surface area (Å²) in [5, 5.41) is 3.09. The average Bonchev–Trinajstić information content (AvgIpc) is 2.96. The van der Waals surface area contributed by atoms with Crippen molar-refractivity contribution in [2.24, 2.45) is 0 Å². The van der Waals surface area contributed by atoms with Gasteiger partial charge >= 0.3 is 5.97 Å². The van der Waals surface area contributed by atoms with E-state index in [1.54, 1.807) is 24.3 Å². The van der Waals surface area contributed by atoms with Gasteiger partial charge in [0.1, 0.15) is 0 Å². The molecule has 1 aliphatic heterocycles. The summed E-state index contributed by atoms with van der Waals surface area (Å²) in [6.07, 6.45) is 0.817. The maximum Gasteiger partial charge on any atom is 0.337 e. The van der Waals surface area contributed by atoms with Crippen LogP contribution in [-0.4, -0.2) is 52.0 Å². The number of hydrogen-bond acceptors (Lipinski definition) is 5. The lowest BCUT2D eigenvalue weighted by molar-refractivity contribution is 0.0600. The van der Waals surface area contributed by atoms with Gasteiger partial charge in [0.25, 0.3) is 0 Å². The molecule has 0 amide bonds. The molecule has 1 heterocycles. The molecule has 0 radical (unpaired) electrons. The third-order valence-corrected chi connectivity index (χ3v) is 5.47. The Kier molecular flexibility index (Phi) is 6.80. The number of benzene rings is 1. The van der Waals surface area contributed by atoms with Crippen LogP contribution in [0.15, 0.2) is 24.3 Å². The number of nitrogens with zero attached hydrogens (tertiary/aromatic N) is 1. The molecule has 1 saturated heterocycles. The highest BCUT2D eigenvalue weighted by Gasteiger charge is 2.30. The quantitative estimate of drug-likeness (QED) is 0.804. The van der Waals surface area contributed by atoms with Gasteiger partial charge in [-0.2, -0.15) is 0 Å². The van der Waals surface area contributed by atoms with Crippen LogP contribution in [-0.2, 0) is 20.5 Å². The highest BCUT2D eigenvalue weighted by atomic mass is 35.5. The van der Waals surface area contributed by atoms with E-state index in [4.69, 9.17) is 0 Å². The average molecular weight is 349 g/mol. The zero-order chi connectivity index (χ0) is 15.5. The van der Waals surface area contributed by atoms with Crippen LogP contribution < -0.4 is 5.32 Å². The second-order valence-corrected chi connectivity index (χ2v) is 7.05. The van der Waals surface area contributed by atoms with E-state index >= 15 is 0 Å². The summed E-state index contributed by atoms with van der Waals surface area (Å²) in [6, 6.07) is 6.75. The molecule has 8 heteroatoms. The molecule has 1 aromatic carbocycles. The van der Waals surface area contributed by atoms with Crippen molar-refractivity contribution in [1.29, 1.82) is 0 Å². The normalized spacial score (nSPS) is 18.7. The van der Waals surface area contributed by atoms with Gasteiger partial charge in [0.15, 0.2) is 0 Å². The summed E-state index contributed by atoms with van der Waals surface area (Å²) in [5.41, 5.74) is 0.950. The van der Waals surface area contributed by atoms with Crippen LogP contribution >= 0.6 is 12.4 Å². The van der Waals surface area contributed by atoms with E-state index in [1.807, 2.05) is 7.05 Å². The first-order chi connectivity index (χ1) is 9.96. The topological polar surface area (TPSA) is 75.7 Å². The van der Waals surface area contributed by atoms with Crippen molar-refractivity contribution in [2.45, 2.75) is 18.2 Å². The van der Waals surface area contributed by atoms with Crippen molar-refractivity contribution in [3.05, 3.63) is 35.4 Å². The number of halogens is 1. The van der Waals surface area contributed by atoms with Gasteiger partial charge in [0, 0.05) is 19.1 Å². The molecule has 2 rings (SSSR count). The number of rotatable bonds is 5. The second kappa shape index (κ2) is 7.92. The summed E-state index contributed by atoms with van der Waals surface area (Å²) in [5.74, 6) is -0.570. The number of nitrogens with one attached hydrogen (secondary N) is 1. The molecule has 1 atom stereocenters. The minimum absolute atomic E-state index is 0.